The Hall–Kier alpha value is -3.41. The zero-order valence-electron chi connectivity index (χ0n) is 15.1. The van der Waals surface area contributed by atoms with Crippen LogP contribution in [0.4, 0.5) is 0 Å². The molecule has 0 radical (unpaired) electrons. The topological polar surface area (TPSA) is 77.5 Å². The van der Waals surface area contributed by atoms with Crippen molar-refractivity contribution in [2.45, 2.75) is 12.5 Å². The molecule has 0 aliphatic carbocycles. The zero-order valence-corrected chi connectivity index (χ0v) is 15.1. The Morgan fingerprint density at radius 1 is 1.07 bits per heavy atom. The van der Waals surface area contributed by atoms with E-state index in [-0.39, 0.29) is 12.3 Å². The fourth-order valence-corrected chi connectivity index (χ4v) is 2.81. The predicted molar refractivity (Wildman–Crippen MR) is 102 cm³/mol. The van der Waals surface area contributed by atoms with Crippen LogP contribution in [0.2, 0.25) is 0 Å². The fourth-order valence-electron chi connectivity index (χ4n) is 2.81. The molecule has 3 rings (SSSR count). The van der Waals surface area contributed by atoms with Crippen molar-refractivity contribution >= 4 is 22.8 Å². The minimum absolute atomic E-state index is 0.288. The van der Waals surface area contributed by atoms with E-state index in [1.54, 1.807) is 13.2 Å². The molecule has 1 N–H and O–H groups in total. The third-order valence-electron chi connectivity index (χ3n) is 4.22. The number of carbonyl (C=O) groups is 2. The number of amides is 1. The van der Waals surface area contributed by atoms with Gasteiger partial charge in [0.25, 0.3) is 5.91 Å². The number of pyridine rings is 1. The lowest BCUT2D eigenvalue weighted by molar-refractivity contribution is -0.142. The van der Waals surface area contributed by atoms with Gasteiger partial charge in [-0.05, 0) is 29.8 Å². The molecule has 6 heteroatoms. The molecular formula is C21H20N2O4. The van der Waals surface area contributed by atoms with Crippen molar-refractivity contribution in [2.75, 3.05) is 14.2 Å². The van der Waals surface area contributed by atoms with Crippen molar-refractivity contribution in [3.63, 3.8) is 0 Å². The van der Waals surface area contributed by atoms with Crippen molar-refractivity contribution in [1.29, 1.82) is 0 Å². The Morgan fingerprint density at radius 3 is 2.67 bits per heavy atom. The number of nitrogens with zero attached hydrogens (tertiary/aromatic N) is 1. The summed E-state index contributed by atoms with van der Waals surface area (Å²) in [6.45, 7) is 0. The lowest BCUT2D eigenvalue weighted by atomic mass is 10.0. The van der Waals surface area contributed by atoms with Gasteiger partial charge in [0.05, 0.1) is 25.3 Å². The maximum absolute atomic E-state index is 12.6. The number of nitrogens with one attached hydrogen (secondary N) is 1. The largest absolute Gasteiger partial charge is 0.497 e. The molecular weight excluding hydrogens is 344 g/mol. The molecule has 27 heavy (non-hydrogen) atoms. The molecule has 2 aromatic carbocycles. The highest BCUT2D eigenvalue weighted by Gasteiger charge is 2.23. The highest BCUT2D eigenvalue weighted by Crippen LogP contribution is 2.16. The van der Waals surface area contributed by atoms with Crippen LogP contribution in [0, 0.1) is 0 Å². The van der Waals surface area contributed by atoms with Crippen molar-refractivity contribution in [3.8, 4) is 5.75 Å². The molecule has 0 spiro atoms. The van der Waals surface area contributed by atoms with E-state index in [1.165, 1.54) is 13.3 Å². The number of rotatable bonds is 6. The molecule has 0 aliphatic rings. The number of ether oxygens (including phenoxy) is 2. The first-order valence-corrected chi connectivity index (χ1v) is 8.47. The maximum Gasteiger partial charge on any atom is 0.328 e. The van der Waals surface area contributed by atoms with E-state index in [0.29, 0.717) is 11.3 Å². The van der Waals surface area contributed by atoms with Crippen LogP contribution in [0.25, 0.3) is 10.9 Å². The van der Waals surface area contributed by atoms with Gasteiger partial charge in [0.1, 0.15) is 11.8 Å². The van der Waals surface area contributed by atoms with Gasteiger partial charge in [0, 0.05) is 18.0 Å². The summed E-state index contributed by atoms with van der Waals surface area (Å²) in [5.41, 5.74) is 2.03. The van der Waals surface area contributed by atoms with E-state index in [4.69, 9.17) is 9.47 Å². The second kappa shape index (κ2) is 8.31. The van der Waals surface area contributed by atoms with E-state index in [9.17, 15) is 9.59 Å². The predicted octanol–water partition coefficient (Wildman–Crippen LogP) is 2.76. The number of hydrogen-bond acceptors (Lipinski definition) is 5. The summed E-state index contributed by atoms with van der Waals surface area (Å²) in [6.07, 6.45) is 1.79. The van der Waals surface area contributed by atoms with Crippen molar-refractivity contribution in [1.82, 2.24) is 10.3 Å². The quantitative estimate of drug-likeness (QED) is 0.681. The molecule has 3 aromatic rings. The van der Waals surface area contributed by atoms with Crippen LogP contribution in [-0.2, 0) is 16.0 Å². The molecule has 138 valence electrons. The monoisotopic (exact) mass is 364 g/mol. The molecule has 0 aliphatic heterocycles. The van der Waals surface area contributed by atoms with Gasteiger partial charge in [-0.2, -0.15) is 0 Å². The van der Waals surface area contributed by atoms with Gasteiger partial charge in [-0.3, -0.25) is 9.78 Å². The number of methoxy groups -OCH3 is 2. The molecule has 0 fully saturated rings. The number of benzene rings is 2. The van der Waals surface area contributed by atoms with E-state index >= 15 is 0 Å². The molecule has 0 bridgehead atoms. The van der Waals surface area contributed by atoms with Gasteiger partial charge >= 0.3 is 5.97 Å². The van der Waals surface area contributed by atoms with Crippen molar-refractivity contribution in [2.24, 2.45) is 0 Å². The lowest BCUT2D eigenvalue weighted by Gasteiger charge is -2.17. The van der Waals surface area contributed by atoms with Crippen LogP contribution >= 0.6 is 0 Å². The third-order valence-corrected chi connectivity index (χ3v) is 4.22. The van der Waals surface area contributed by atoms with Crippen LogP contribution in [0.3, 0.4) is 0 Å². The number of esters is 1. The lowest BCUT2D eigenvalue weighted by Crippen LogP contribution is -2.43. The van der Waals surface area contributed by atoms with Gasteiger partial charge in [-0.1, -0.05) is 30.3 Å². The molecule has 0 saturated carbocycles. The average molecular weight is 364 g/mol. The highest BCUT2D eigenvalue weighted by molar-refractivity contribution is 5.99. The van der Waals surface area contributed by atoms with Gasteiger partial charge in [0.15, 0.2) is 0 Å². The van der Waals surface area contributed by atoms with Crippen LogP contribution in [-0.4, -0.2) is 37.1 Å². The summed E-state index contributed by atoms with van der Waals surface area (Å²) in [7, 11) is 2.87. The Labute approximate surface area is 157 Å². The normalized spacial score (nSPS) is 11.6. The summed E-state index contributed by atoms with van der Waals surface area (Å²) in [6, 6.07) is 15.8. The summed E-state index contributed by atoms with van der Waals surface area (Å²) < 4.78 is 10.1. The first-order valence-electron chi connectivity index (χ1n) is 8.47. The van der Waals surface area contributed by atoms with Crippen LogP contribution in [0.1, 0.15) is 15.9 Å². The Bertz CT molecular complexity index is 971. The minimum Gasteiger partial charge on any atom is -0.497 e. The van der Waals surface area contributed by atoms with Gasteiger partial charge in [-0.25, -0.2) is 4.79 Å². The third kappa shape index (κ3) is 4.41. The van der Waals surface area contributed by atoms with Crippen LogP contribution in [0.15, 0.2) is 60.8 Å². The summed E-state index contributed by atoms with van der Waals surface area (Å²) >= 11 is 0. The summed E-state index contributed by atoms with van der Waals surface area (Å²) in [5.74, 6) is -0.215. The Kier molecular flexibility index (Phi) is 5.66. The number of para-hydroxylation sites is 1. The second-order valence-electron chi connectivity index (χ2n) is 6.02. The van der Waals surface area contributed by atoms with Gasteiger partial charge in [-0.15, -0.1) is 0 Å². The average Bonchev–Trinajstić information content (AvgIpc) is 2.72. The Balaban J connectivity index is 1.80. The maximum atomic E-state index is 12.6. The molecule has 0 unspecified atom stereocenters. The standard InChI is InChI=1S/C21H20N2O4/c1-26-17-8-5-6-14(10-17)11-19(21(25)27-2)23-20(24)16-12-15-7-3-4-9-18(15)22-13-16/h3-10,12-13,19H,11H2,1-2H3,(H,23,24)/t19-/m1/s1. The first kappa shape index (κ1) is 18.4. The molecule has 1 atom stereocenters. The molecule has 1 heterocycles. The van der Waals surface area contributed by atoms with Crippen molar-refractivity contribution < 1.29 is 19.1 Å². The first-order chi connectivity index (χ1) is 13.1. The van der Waals surface area contributed by atoms with Crippen LogP contribution < -0.4 is 10.1 Å². The molecule has 1 aromatic heterocycles. The highest BCUT2D eigenvalue weighted by atomic mass is 16.5. The van der Waals surface area contributed by atoms with Gasteiger partial charge < -0.3 is 14.8 Å². The van der Waals surface area contributed by atoms with E-state index < -0.39 is 12.0 Å². The van der Waals surface area contributed by atoms with Gasteiger partial charge in [0.2, 0.25) is 0 Å². The molecule has 1 amide bonds. The van der Waals surface area contributed by atoms with Crippen molar-refractivity contribution in [3.05, 3.63) is 71.9 Å². The smallest absolute Gasteiger partial charge is 0.328 e. The minimum atomic E-state index is -0.818. The number of aromatic nitrogens is 1. The number of hydrogen-bond donors (Lipinski definition) is 1. The van der Waals surface area contributed by atoms with Crippen LogP contribution in [0.5, 0.6) is 5.75 Å². The SMILES string of the molecule is COC(=O)[C@@H](Cc1cccc(OC)c1)NC(=O)c1cnc2ccccc2c1. The summed E-state index contributed by atoms with van der Waals surface area (Å²) in [5, 5.41) is 3.59. The Morgan fingerprint density at radius 2 is 1.89 bits per heavy atom. The zero-order chi connectivity index (χ0) is 19.2. The van der Waals surface area contributed by atoms with E-state index in [1.807, 2.05) is 48.5 Å². The molecule has 0 saturated heterocycles. The van der Waals surface area contributed by atoms with E-state index in [2.05, 4.69) is 10.3 Å². The fraction of sp³-hybridized carbons (Fsp3) is 0.190. The molecule has 6 nitrogen and oxygen atoms in total. The number of carbonyl (C=O) groups excluding carboxylic acids is 2. The second-order valence-corrected chi connectivity index (χ2v) is 6.02. The number of fused-ring (bicyclic) bond motifs is 1. The van der Waals surface area contributed by atoms with E-state index in [0.717, 1.165) is 16.5 Å². The summed E-state index contributed by atoms with van der Waals surface area (Å²) in [4.78, 5) is 29.1.